The Balaban J connectivity index is 2.12. The Labute approximate surface area is 114 Å². The van der Waals surface area contributed by atoms with Gasteiger partial charge in [0, 0.05) is 13.2 Å². The van der Waals surface area contributed by atoms with Gasteiger partial charge in [0.25, 0.3) is 0 Å². The molecule has 1 aliphatic heterocycles. The van der Waals surface area contributed by atoms with Gasteiger partial charge >= 0.3 is 0 Å². The molecule has 0 spiro atoms. The van der Waals surface area contributed by atoms with Crippen LogP contribution in [0, 0.1) is 5.92 Å². The van der Waals surface area contributed by atoms with Gasteiger partial charge in [0.2, 0.25) is 5.91 Å². The monoisotopic (exact) mass is 262 g/mol. The lowest BCUT2D eigenvalue weighted by atomic mass is 9.91. The predicted molar refractivity (Wildman–Crippen MR) is 74.5 cm³/mol. The van der Waals surface area contributed by atoms with Crippen molar-refractivity contribution in [3.63, 3.8) is 0 Å². The van der Waals surface area contributed by atoms with Gasteiger partial charge in [0.05, 0.1) is 5.54 Å². The zero-order chi connectivity index (χ0) is 13.9. The van der Waals surface area contributed by atoms with Crippen LogP contribution < -0.4 is 11.1 Å². The Morgan fingerprint density at radius 1 is 1.47 bits per heavy atom. The largest absolute Gasteiger partial charge is 0.368 e. The summed E-state index contributed by atoms with van der Waals surface area (Å²) >= 11 is 0. The molecule has 0 bridgehead atoms. The molecule has 3 N–H and O–H groups in total. The number of benzene rings is 1. The molecular formula is C15H22N2O2. The number of nitrogens with two attached hydrogens (primary N) is 1. The normalized spacial score (nSPS) is 25.8. The van der Waals surface area contributed by atoms with Crippen LogP contribution in [0.15, 0.2) is 30.3 Å². The van der Waals surface area contributed by atoms with Crippen LogP contribution in [-0.2, 0) is 15.1 Å². The molecule has 3 unspecified atom stereocenters. The molecule has 1 saturated heterocycles. The third-order valence-corrected chi connectivity index (χ3v) is 3.86. The molecule has 4 heteroatoms. The molecule has 1 aliphatic rings. The summed E-state index contributed by atoms with van der Waals surface area (Å²) in [5.41, 5.74) is 6.32. The molecule has 4 nitrogen and oxygen atoms in total. The lowest BCUT2D eigenvalue weighted by molar-refractivity contribution is -0.133. The highest BCUT2D eigenvalue weighted by molar-refractivity contribution is 5.82. The van der Waals surface area contributed by atoms with Crippen LogP contribution in [0.2, 0.25) is 0 Å². The Kier molecular flexibility index (Phi) is 4.22. The van der Waals surface area contributed by atoms with E-state index in [1.807, 2.05) is 44.2 Å². The molecule has 1 aromatic rings. The maximum absolute atomic E-state index is 12.3. The molecule has 0 saturated carbocycles. The summed E-state index contributed by atoms with van der Waals surface area (Å²) in [5.74, 6) is 0.194. The minimum Gasteiger partial charge on any atom is -0.368 e. The van der Waals surface area contributed by atoms with Crippen LogP contribution in [0.3, 0.4) is 0 Å². The fraction of sp³-hybridized carbons (Fsp3) is 0.533. The zero-order valence-corrected chi connectivity index (χ0v) is 11.6. The quantitative estimate of drug-likeness (QED) is 0.862. The fourth-order valence-corrected chi connectivity index (χ4v) is 2.42. The SMILES string of the molecule is CC1CCOC1C(=O)NC(C)(CN)c1ccccc1. The summed E-state index contributed by atoms with van der Waals surface area (Å²) in [4.78, 5) is 12.3. The highest BCUT2D eigenvalue weighted by Gasteiger charge is 2.35. The summed E-state index contributed by atoms with van der Waals surface area (Å²) in [6.45, 7) is 4.99. The van der Waals surface area contributed by atoms with E-state index in [9.17, 15) is 4.79 Å². The first-order chi connectivity index (χ1) is 9.07. The highest BCUT2D eigenvalue weighted by Crippen LogP contribution is 2.24. The van der Waals surface area contributed by atoms with Crippen LogP contribution in [0.25, 0.3) is 0 Å². The highest BCUT2D eigenvalue weighted by atomic mass is 16.5. The Bertz CT molecular complexity index is 435. The van der Waals surface area contributed by atoms with E-state index in [1.165, 1.54) is 0 Å². The number of carbonyl (C=O) groups excluding carboxylic acids is 1. The zero-order valence-electron chi connectivity index (χ0n) is 11.6. The van der Waals surface area contributed by atoms with E-state index in [-0.39, 0.29) is 17.9 Å². The van der Waals surface area contributed by atoms with E-state index >= 15 is 0 Å². The number of hydrogen-bond acceptors (Lipinski definition) is 3. The number of hydrogen-bond donors (Lipinski definition) is 2. The summed E-state index contributed by atoms with van der Waals surface area (Å²) in [5, 5.41) is 3.04. The van der Waals surface area contributed by atoms with E-state index in [0.717, 1.165) is 12.0 Å². The number of carbonyl (C=O) groups is 1. The number of ether oxygens (including phenoxy) is 1. The van der Waals surface area contributed by atoms with Crippen molar-refractivity contribution >= 4 is 5.91 Å². The first-order valence-electron chi connectivity index (χ1n) is 6.76. The van der Waals surface area contributed by atoms with Crippen LogP contribution in [0.1, 0.15) is 25.8 Å². The van der Waals surface area contributed by atoms with Crippen LogP contribution in [0.5, 0.6) is 0 Å². The van der Waals surface area contributed by atoms with Crippen LogP contribution in [-0.4, -0.2) is 25.2 Å². The van der Waals surface area contributed by atoms with E-state index in [4.69, 9.17) is 10.5 Å². The predicted octanol–water partition coefficient (Wildman–Crippen LogP) is 1.40. The molecule has 104 valence electrons. The van der Waals surface area contributed by atoms with E-state index in [1.54, 1.807) is 0 Å². The van der Waals surface area contributed by atoms with Crippen LogP contribution >= 0.6 is 0 Å². The Morgan fingerprint density at radius 3 is 2.68 bits per heavy atom. The van der Waals surface area contributed by atoms with Gasteiger partial charge in [-0.15, -0.1) is 0 Å². The standard InChI is InChI=1S/C15H22N2O2/c1-11-8-9-19-13(11)14(18)17-15(2,10-16)12-6-4-3-5-7-12/h3-7,11,13H,8-10,16H2,1-2H3,(H,17,18). The molecule has 2 rings (SSSR count). The lowest BCUT2D eigenvalue weighted by Crippen LogP contribution is -2.52. The molecule has 0 aliphatic carbocycles. The van der Waals surface area contributed by atoms with Crippen molar-refractivity contribution < 1.29 is 9.53 Å². The van der Waals surface area contributed by atoms with Crippen molar-refractivity contribution in [3.05, 3.63) is 35.9 Å². The molecule has 1 heterocycles. The van der Waals surface area contributed by atoms with Crippen molar-refractivity contribution in [1.82, 2.24) is 5.32 Å². The van der Waals surface area contributed by atoms with E-state index in [2.05, 4.69) is 5.32 Å². The Hall–Kier alpha value is -1.39. The molecule has 1 fully saturated rings. The van der Waals surface area contributed by atoms with Gasteiger partial charge in [-0.1, -0.05) is 37.3 Å². The molecule has 1 amide bonds. The van der Waals surface area contributed by atoms with Crippen molar-refractivity contribution in [2.45, 2.75) is 31.9 Å². The van der Waals surface area contributed by atoms with E-state index < -0.39 is 5.54 Å². The van der Waals surface area contributed by atoms with Gasteiger partial charge in [-0.2, -0.15) is 0 Å². The van der Waals surface area contributed by atoms with Crippen molar-refractivity contribution in [2.75, 3.05) is 13.2 Å². The maximum atomic E-state index is 12.3. The van der Waals surface area contributed by atoms with Gasteiger partial charge in [-0.05, 0) is 24.8 Å². The van der Waals surface area contributed by atoms with Crippen LogP contribution in [0.4, 0.5) is 0 Å². The maximum Gasteiger partial charge on any atom is 0.250 e. The number of amides is 1. The third-order valence-electron chi connectivity index (χ3n) is 3.86. The Morgan fingerprint density at radius 2 is 2.16 bits per heavy atom. The topological polar surface area (TPSA) is 64.3 Å². The molecule has 1 aromatic carbocycles. The second-order valence-corrected chi connectivity index (χ2v) is 5.45. The first kappa shape index (κ1) is 14.0. The molecule has 3 atom stereocenters. The molecular weight excluding hydrogens is 240 g/mol. The average molecular weight is 262 g/mol. The summed E-state index contributed by atoms with van der Waals surface area (Å²) < 4.78 is 5.50. The molecule has 0 aromatic heterocycles. The third kappa shape index (κ3) is 2.96. The van der Waals surface area contributed by atoms with Crippen molar-refractivity contribution in [3.8, 4) is 0 Å². The first-order valence-corrected chi connectivity index (χ1v) is 6.76. The fourth-order valence-electron chi connectivity index (χ4n) is 2.42. The van der Waals surface area contributed by atoms with Gasteiger partial charge in [-0.25, -0.2) is 0 Å². The van der Waals surface area contributed by atoms with E-state index in [0.29, 0.717) is 13.2 Å². The molecule has 19 heavy (non-hydrogen) atoms. The summed E-state index contributed by atoms with van der Waals surface area (Å²) in [6.07, 6.45) is 0.581. The smallest absolute Gasteiger partial charge is 0.250 e. The van der Waals surface area contributed by atoms with Gasteiger partial charge in [-0.3, -0.25) is 4.79 Å². The summed E-state index contributed by atoms with van der Waals surface area (Å²) in [6, 6.07) is 9.80. The van der Waals surface area contributed by atoms with Gasteiger partial charge < -0.3 is 15.8 Å². The van der Waals surface area contributed by atoms with Gasteiger partial charge in [0.15, 0.2) is 0 Å². The number of nitrogens with one attached hydrogen (secondary N) is 1. The lowest BCUT2D eigenvalue weighted by Gasteiger charge is -2.31. The second-order valence-electron chi connectivity index (χ2n) is 5.45. The minimum absolute atomic E-state index is 0.0678. The van der Waals surface area contributed by atoms with Crippen molar-refractivity contribution in [2.24, 2.45) is 11.7 Å². The van der Waals surface area contributed by atoms with Gasteiger partial charge in [0.1, 0.15) is 6.10 Å². The minimum atomic E-state index is -0.552. The number of rotatable bonds is 4. The van der Waals surface area contributed by atoms with Crippen molar-refractivity contribution in [1.29, 1.82) is 0 Å². The average Bonchev–Trinajstić information content (AvgIpc) is 2.86. The second kappa shape index (κ2) is 5.72. The summed E-state index contributed by atoms with van der Waals surface area (Å²) in [7, 11) is 0. The molecule has 0 radical (unpaired) electrons.